The first kappa shape index (κ1) is 14.3. The average molecular weight is 287 g/mol. The van der Waals surface area contributed by atoms with Gasteiger partial charge in [0.1, 0.15) is 11.9 Å². The van der Waals surface area contributed by atoms with Gasteiger partial charge in [-0.25, -0.2) is 4.79 Å². The second kappa shape index (κ2) is 6.42. The van der Waals surface area contributed by atoms with Gasteiger partial charge in [-0.15, -0.1) is 0 Å². The van der Waals surface area contributed by atoms with Crippen LogP contribution in [0.1, 0.15) is 44.1 Å². The zero-order valence-corrected chi connectivity index (χ0v) is 12.2. The van der Waals surface area contributed by atoms with Crippen LogP contribution >= 0.6 is 0 Å². The molecule has 1 aromatic rings. The molecule has 0 amide bonds. The highest BCUT2D eigenvalue weighted by Crippen LogP contribution is 2.42. The molecule has 4 heteroatoms. The molecular formula is C17H21NO3. The molecule has 3 rings (SSSR count). The molecule has 1 saturated heterocycles. The van der Waals surface area contributed by atoms with E-state index in [4.69, 9.17) is 9.47 Å². The van der Waals surface area contributed by atoms with Gasteiger partial charge in [-0.3, -0.25) is 0 Å². The lowest BCUT2D eigenvalue weighted by atomic mass is 9.89. The fraction of sp³-hybridized carbons (Fsp3) is 0.588. The summed E-state index contributed by atoms with van der Waals surface area (Å²) < 4.78 is 11.5. The molecule has 4 nitrogen and oxygen atoms in total. The molecule has 1 aliphatic carbocycles. The minimum Gasteiger partial charge on any atom is -0.488 e. The third kappa shape index (κ3) is 3.17. The monoisotopic (exact) mass is 287 g/mol. The van der Waals surface area contributed by atoms with Gasteiger partial charge in [-0.2, -0.15) is 4.99 Å². The number of ether oxygens (including phenoxy) is 2. The van der Waals surface area contributed by atoms with Gasteiger partial charge in [0.2, 0.25) is 6.08 Å². The molecule has 2 aliphatic rings. The molecule has 112 valence electrons. The molecule has 1 aliphatic heterocycles. The van der Waals surface area contributed by atoms with E-state index in [2.05, 4.69) is 4.99 Å². The first-order chi connectivity index (χ1) is 10.3. The molecule has 1 heterocycles. The first-order valence-electron chi connectivity index (χ1n) is 7.76. The van der Waals surface area contributed by atoms with Crippen molar-refractivity contribution >= 4 is 6.08 Å². The van der Waals surface area contributed by atoms with Gasteiger partial charge >= 0.3 is 0 Å². The maximum absolute atomic E-state index is 10.8. The van der Waals surface area contributed by atoms with Crippen LogP contribution in [0.2, 0.25) is 0 Å². The van der Waals surface area contributed by atoms with Crippen LogP contribution in [0.15, 0.2) is 29.3 Å². The van der Waals surface area contributed by atoms with E-state index < -0.39 is 0 Å². The van der Waals surface area contributed by atoms with E-state index in [1.54, 1.807) is 6.08 Å². The normalized spacial score (nSPS) is 24.3. The Morgan fingerprint density at radius 1 is 1.29 bits per heavy atom. The Kier molecular flexibility index (Phi) is 4.37. The highest BCUT2D eigenvalue weighted by atomic mass is 16.5. The van der Waals surface area contributed by atoms with Crippen LogP contribution < -0.4 is 4.74 Å². The van der Waals surface area contributed by atoms with Crippen LogP contribution in [0.4, 0.5) is 0 Å². The molecular weight excluding hydrogens is 266 g/mol. The summed E-state index contributed by atoms with van der Waals surface area (Å²) in [4.78, 5) is 14.9. The van der Waals surface area contributed by atoms with Crippen LogP contribution in [-0.2, 0) is 15.1 Å². The van der Waals surface area contributed by atoms with Crippen LogP contribution in [0.5, 0.6) is 5.75 Å². The summed E-state index contributed by atoms with van der Waals surface area (Å²) in [6.07, 6.45) is 8.00. The smallest absolute Gasteiger partial charge is 0.235 e. The molecule has 1 atom stereocenters. The van der Waals surface area contributed by atoms with Crippen molar-refractivity contribution in [1.29, 1.82) is 0 Å². The Morgan fingerprint density at radius 3 is 2.86 bits per heavy atom. The lowest BCUT2D eigenvalue weighted by molar-refractivity contribution is 0.00737. The van der Waals surface area contributed by atoms with Gasteiger partial charge in [0.25, 0.3) is 0 Å². The van der Waals surface area contributed by atoms with E-state index in [0.717, 1.165) is 56.4 Å². The molecule has 1 unspecified atom stereocenters. The summed E-state index contributed by atoms with van der Waals surface area (Å²) in [6.45, 7) is 1.49. The van der Waals surface area contributed by atoms with Gasteiger partial charge in [-0.1, -0.05) is 25.0 Å². The van der Waals surface area contributed by atoms with Crippen LogP contribution in [0.3, 0.4) is 0 Å². The van der Waals surface area contributed by atoms with Crippen molar-refractivity contribution in [3.05, 3.63) is 29.8 Å². The third-order valence-corrected chi connectivity index (χ3v) is 4.48. The summed E-state index contributed by atoms with van der Waals surface area (Å²) in [6, 6.07) is 8.01. The van der Waals surface area contributed by atoms with E-state index in [9.17, 15) is 4.79 Å². The number of rotatable bonds is 4. The van der Waals surface area contributed by atoms with Crippen LogP contribution in [-0.4, -0.2) is 25.4 Å². The Morgan fingerprint density at radius 2 is 2.14 bits per heavy atom. The zero-order valence-electron chi connectivity index (χ0n) is 12.2. The largest absolute Gasteiger partial charge is 0.488 e. The minimum absolute atomic E-state index is 0.128. The fourth-order valence-corrected chi connectivity index (χ4v) is 3.37. The zero-order chi connectivity index (χ0) is 14.5. The summed E-state index contributed by atoms with van der Waals surface area (Å²) in [5.41, 5.74) is 0.682. The van der Waals surface area contributed by atoms with Crippen molar-refractivity contribution in [3.63, 3.8) is 0 Å². The van der Waals surface area contributed by atoms with Crippen LogP contribution in [0.25, 0.3) is 0 Å². The number of isocyanates is 1. The Labute approximate surface area is 125 Å². The number of hydrogen-bond acceptors (Lipinski definition) is 4. The number of benzene rings is 1. The lowest BCUT2D eigenvalue weighted by Gasteiger charge is -2.26. The minimum atomic E-state index is -0.385. The van der Waals surface area contributed by atoms with Crippen LogP contribution in [0, 0.1) is 0 Å². The molecule has 21 heavy (non-hydrogen) atoms. The summed E-state index contributed by atoms with van der Waals surface area (Å²) in [7, 11) is 0. The van der Waals surface area contributed by atoms with E-state index in [1.807, 2.05) is 24.3 Å². The van der Waals surface area contributed by atoms with Crippen molar-refractivity contribution in [1.82, 2.24) is 0 Å². The molecule has 1 aromatic carbocycles. The summed E-state index contributed by atoms with van der Waals surface area (Å²) in [5, 5.41) is 0. The van der Waals surface area contributed by atoms with Crippen molar-refractivity contribution in [2.24, 2.45) is 4.99 Å². The standard InChI is InChI=1S/C17H21NO3/c19-13-18-17(8-1-2-9-17)14-5-3-6-15(11-14)21-16-7-4-10-20-12-16/h3,5-6,11,16H,1-2,4,7-10,12H2. The van der Waals surface area contributed by atoms with E-state index in [0.29, 0.717) is 6.61 Å². The highest BCUT2D eigenvalue weighted by Gasteiger charge is 2.35. The maximum atomic E-state index is 10.8. The van der Waals surface area contributed by atoms with E-state index in [1.165, 1.54) is 0 Å². The van der Waals surface area contributed by atoms with E-state index >= 15 is 0 Å². The Balaban J connectivity index is 1.80. The Hall–Kier alpha value is -1.64. The highest BCUT2D eigenvalue weighted by molar-refractivity contribution is 5.41. The lowest BCUT2D eigenvalue weighted by Crippen LogP contribution is -2.28. The van der Waals surface area contributed by atoms with E-state index in [-0.39, 0.29) is 11.6 Å². The summed E-state index contributed by atoms with van der Waals surface area (Å²) in [5.74, 6) is 0.843. The number of hydrogen-bond donors (Lipinski definition) is 0. The van der Waals surface area contributed by atoms with Gasteiger partial charge < -0.3 is 9.47 Å². The third-order valence-electron chi connectivity index (χ3n) is 4.48. The molecule has 1 saturated carbocycles. The topological polar surface area (TPSA) is 47.9 Å². The van der Waals surface area contributed by atoms with Crippen molar-refractivity contribution in [2.45, 2.75) is 50.2 Å². The number of aliphatic imine (C=N–C) groups is 1. The molecule has 0 spiro atoms. The van der Waals surface area contributed by atoms with Gasteiger partial charge in [0, 0.05) is 6.61 Å². The van der Waals surface area contributed by atoms with Gasteiger partial charge in [-0.05, 0) is 43.4 Å². The summed E-state index contributed by atoms with van der Waals surface area (Å²) >= 11 is 0. The first-order valence-corrected chi connectivity index (χ1v) is 7.76. The average Bonchev–Trinajstić information content (AvgIpc) is 2.99. The van der Waals surface area contributed by atoms with Crippen molar-refractivity contribution in [2.75, 3.05) is 13.2 Å². The number of carbonyl (C=O) groups excluding carboxylic acids is 1. The second-order valence-corrected chi connectivity index (χ2v) is 5.93. The molecule has 0 aromatic heterocycles. The molecule has 0 radical (unpaired) electrons. The maximum Gasteiger partial charge on any atom is 0.235 e. The fourth-order valence-electron chi connectivity index (χ4n) is 3.37. The quantitative estimate of drug-likeness (QED) is 0.630. The predicted octanol–water partition coefficient (Wildman–Crippen LogP) is 3.35. The molecule has 0 bridgehead atoms. The SMILES string of the molecule is O=C=NC1(c2cccc(OC3CCCOC3)c2)CCCC1. The van der Waals surface area contributed by atoms with Gasteiger partial charge in [0.15, 0.2) is 0 Å². The van der Waals surface area contributed by atoms with Crippen molar-refractivity contribution < 1.29 is 14.3 Å². The predicted molar refractivity (Wildman–Crippen MR) is 79.2 cm³/mol. The van der Waals surface area contributed by atoms with Crippen molar-refractivity contribution in [3.8, 4) is 5.75 Å². The Bertz CT molecular complexity index is 525. The number of nitrogens with zero attached hydrogens (tertiary/aromatic N) is 1. The molecule has 2 fully saturated rings. The van der Waals surface area contributed by atoms with Gasteiger partial charge in [0.05, 0.1) is 12.1 Å². The second-order valence-electron chi connectivity index (χ2n) is 5.93. The molecule has 0 N–H and O–H groups in total.